The van der Waals surface area contributed by atoms with Gasteiger partial charge in [0.05, 0.1) is 19.3 Å². The molecule has 0 aliphatic carbocycles. The molecule has 3 rings (SSSR count). The summed E-state index contributed by atoms with van der Waals surface area (Å²) in [6, 6.07) is 13.2. The number of nitrogens with zero attached hydrogens (tertiary/aromatic N) is 1. The summed E-state index contributed by atoms with van der Waals surface area (Å²) in [5, 5.41) is 9.97. The minimum Gasteiger partial charge on any atom is -0.489 e. The van der Waals surface area contributed by atoms with Crippen molar-refractivity contribution in [2.75, 3.05) is 19.8 Å². The van der Waals surface area contributed by atoms with Gasteiger partial charge in [-0.3, -0.25) is 9.74 Å². The Kier molecular flexibility index (Phi) is 8.89. The zero-order valence-corrected chi connectivity index (χ0v) is 20.5. The third-order valence-corrected chi connectivity index (χ3v) is 5.66. The molecule has 0 saturated carbocycles. The highest BCUT2D eigenvalue weighted by atomic mass is 16.6. The summed E-state index contributed by atoms with van der Waals surface area (Å²) in [5.74, 6) is -0.0804. The summed E-state index contributed by atoms with van der Waals surface area (Å²) in [7, 11) is 0. The molecule has 8 nitrogen and oxygen atoms in total. The zero-order chi connectivity index (χ0) is 25.4. The number of rotatable bonds is 10. The van der Waals surface area contributed by atoms with Crippen molar-refractivity contribution in [1.82, 2.24) is 10.4 Å². The van der Waals surface area contributed by atoms with Crippen LogP contribution in [0.2, 0.25) is 0 Å². The number of ether oxygens (including phenoxy) is 2. The number of carbonyl (C=O) groups is 2. The first-order chi connectivity index (χ1) is 16.7. The van der Waals surface area contributed by atoms with Crippen molar-refractivity contribution in [3.8, 4) is 5.75 Å². The van der Waals surface area contributed by atoms with Gasteiger partial charge in [-0.25, -0.2) is 9.59 Å². The number of hydroxylamine groups is 1. The van der Waals surface area contributed by atoms with Crippen molar-refractivity contribution in [1.29, 1.82) is 0 Å². The summed E-state index contributed by atoms with van der Waals surface area (Å²) in [5.41, 5.74) is 5.09. The lowest BCUT2D eigenvalue weighted by molar-refractivity contribution is -0.151. The molecule has 0 spiro atoms. The summed E-state index contributed by atoms with van der Waals surface area (Å²) in [6.45, 7) is 10.6. The van der Waals surface area contributed by atoms with Gasteiger partial charge in [0.15, 0.2) is 6.04 Å². The lowest BCUT2D eigenvalue weighted by atomic mass is 9.89. The third kappa shape index (κ3) is 7.07. The monoisotopic (exact) mass is 482 g/mol. The number of esters is 1. The molecule has 1 aliphatic rings. The van der Waals surface area contributed by atoms with Gasteiger partial charge in [-0.15, -0.1) is 0 Å². The quantitative estimate of drug-likeness (QED) is 0.279. The number of nitrogens with one attached hydrogen (secondary N) is 1. The minimum atomic E-state index is -1.22. The molecule has 2 atom stereocenters. The Labute approximate surface area is 206 Å². The van der Waals surface area contributed by atoms with E-state index in [2.05, 4.69) is 32.8 Å². The van der Waals surface area contributed by atoms with Crippen LogP contribution in [0.25, 0.3) is 0 Å². The molecule has 0 radical (unpaired) electrons. The molecule has 0 aromatic heterocycles. The van der Waals surface area contributed by atoms with Crippen LogP contribution in [0.1, 0.15) is 56.0 Å². The highest BCUT2D eigenvalue weighted by Gasteiger charge is 2.42. The number of fused-ring (bicyclic) bond motifs is 1. The maximum absolute atomic E-state index is 13.2. The molecule has 1 aliphatic heterocycles. The Bertz CT molecular complexity index is 1020. The second kappa shape index (κ2) is 11.9. The van der Waals surface area contributed by atoms with Crippen LogP contribution in [0.4, 0.5) is 4.79 Å². The van der Waals surface area contributed by atoms with Gasteiger partial charge in [0.25, 0.3) is 0 Å². The SMILES string of the molecule is C=CCOc1cccc2c1C(NOCc1ccccc1)CN(C(=O)O)C2C(=O)OCCC(C)(C)C. The van der Waals surface area contributed by atoms with Crippen molar-refractivity contribution in [2.24, 2.45) is 5.41 Å². The molecule has 2 N–H and O–H groups in total. The van der Waals surface area contributed by atoms with E-state index in [-0.39, 0.29) is 31.8 Å². The second-order valence-electron chi connectivity index (χ2n) is 9.62. The Morgan fingerprint density at radius 1 is 1.17 bits per heavy atom. The van der Waals surface area contributed by atoms with Gasteiger partial charge in [0.1, 0.15) is 12.4 Å². The number of hydrogen-bond acceptors (Lipinski definition) is 6. The van der Waals surface area contributed by atoms with Crippen LogP contribution in [0.3, 0.4) is 0 Å². The summed E-state index contributed by atoms with van der Waals surface area (Å²) >= 11 is 0. The van der Waals surface area contributed by atoms with Crippen LogP contribution >= 0.6 is 0 Å². The second-order valence-corrected chi connectivity index (χ2v) is 9.62. The molecule has 35 heavy (non-hydrogen) atoms. The zero-order valence-electron chi connectivity index (χ0n) is 20.5. The highest BCUT2D eigenvalue weighted by molar-refractivity contribution is 5.84. The number of carbonyl (C=O) groups excluding carboxylic acids is 1. The van der Waals surface area contributed by atoms with E-state index in [1.165, 1.54) is 0 Å². The standard InChI is InChI=1S/C27H34N2O6/c1-5-15-33-22-13-9-12-20-23(22)21(28-35-18-19-10-7-6-8-11-19)17-29(26(31)32)24(20)25(30)34-16-14-27(2,3)4/h5-13,21,24,28H,1,14-18H2,2-4H3,(H,31,32). The lowest BCUT2D eigenvalue weighted by Crippen LogP contribution is -2.48. The summed E-state index contributed by atoms with van der Waals surface area (Å²) < 4.78 is 11.4. The van der Waals surface area contributed by atoms with Crippen molar-refractivity contribution in [2.45, 2.75) is 45.9 Å². The third-order valence-electron chi connectivity index (χ3n) is 5.66. The van der Waals surface area contributed by atoms with Gasteiger partial charge in [0, 0.05) is 12.1 Å². The molecule has 2 aromatic carbocycles. The first-order valence-electron chi connectivity index (χ1n) is 11.6. The molecule has 8 heteroatoms. The minimum absolute atomic E-state index is 0.0198. The van der Waals surface area contributed by atoms with Crippen molar-refractivity contribution >= 4 is 12.1 Å². The Hall–Kier alpha value is -3.36. The number of amides is 1. The van der Waals surface area contributed by atoms with Gasteiger partial charge in [-0.2, -0.15) is 5.48 Å². The van der Waals surface area contributed by atoms with Gasteiger partial charge >= 0.3 is 12.1 Å². The lowest BCUT2D eigenvalue weighted by Gasteiger charge is -2.39. The Balaban J connectivity index is 1.90. The van der Waals surface area contributed by atoms with Crippen LogP contribution < -0.4 is 10.2 Å². The van der Waals surface area contributed by atoms with E-state index in [9.17, 15) is 14.7 Å². The van der Waals surface area contributed by atoms with Gasteiger partial charge in [0.2, 0.25) is 0 Å². The average Bonchev–Trinajstić information content (AvgIpc) is 2.81. The summed E-state index contributed by atoms with van der Waals surface area (Å²) in [4.78, 5) is 32.2. The van der Waals surface area contributed by atoms with Crippen LogP contribution in [-0.2, 0) is 21.0 Å². The number of carboxylic acid groups (broad SMARTS) is 1. The van der Waals surface area contributed by atoms with E-state index in [4.69, 9.17) is 14.3 Å². The van der Waals surface area contributed by atoms with E-state index >= 15 is 0 Å². The van der Waals surface area contributed by atoms with Crippen LogP contribution in [0, 0.1) is 5.41 Å². The molecule has 2 aromatic rings. The van der Waals surface area contributed by atoms with E-state index < -0.39 is 24.1 Å². The average molecular weight is 483 g/mol. The first kappa shape index (κ1) is 26.2. The largest absolute Gasteiger partial charge is 0.489 e. The van der Waals surface area contributed by atoms with Crippen LogP contribution in [-0.4, -0.2) is 41.8 Å². The van der Waals surface area contributed by atoms with Gasteiger partial charge in [-0.1, -0.05) is 75.9 Å². The van der Waals surface area contributed by atoms with E-state index in [0.717, 1.165) is 10.5 Å². The molecular weight excluding hydrogens is 448 g/mol. The molecule has 0 bridgehead atoms. The molecule has 1 heterocycles. The fraction of sp³-hybridized carbons (Fsp3) is 0.407. The first-order valence-corrected chi connectivity index (χ1v) is 11.6. The van der Waals surface area contributed by atoms with Crippen LogP contribution in [0.15, 0.2) is 61.2 Å². The van der Waals surface area contributed by atoms with E-state index in [1.807, 2.05) is 30.3 Å². The van der Waals surface area contributed by atoms with Crippen molar-refractivity contribution in [3.05, 3.63) is 77.9 Å². The van der Waals surface area contributed by atoms with Crippen LogP contribution in [0.5, 0.6) is 5.75 Å². The molecule has 188 valence electrons. The van der Waals surface area contributed by atoms with Gasteiger partial charge in [-0.05, 0) is 29.0 Å². The van der Waals surface area contributed by atoms with Gasteiger partial charge < -0.3 is 14.6 Å². The normalized spacial score (nSPS) is 17.4. The van der Waals surface area contributed by atoms with Crippen molar-refractivity contribution in [3.63, 3.8) is 0 Å². The molecule has 1 amide bonds. The molecule has 0 saturated heterocycles. The topological polar surface area (TPSA) is 97.3 Å². The highest BCUT2D eigenvalue weighted by Crippen LogP contribution is 2.41. The predicted molar refractivity (Wildman–Crippen MR) is 132 cm³/mol. The van der Waals surface area contributed by atoms with E-state index in [0.29, 0.717) is 23.3 Å². The molecular formula is C27H34N2O6. The number of benzene rings is 2. The summed E-state index contributed by atoms with van der Waals surface area (Å²) in [6.07, 6.45) is 1.06. The smallest absolute Gasteiger partial charge is 0.408 e. The molecule has 2 unspecified atom stereocenters. The maximum atomic E-state index is 13.2. The molecule has 0 fully saturated rings. The Morgan fingerprint density at radius 3 is 2.57 bits per heavy atom. The Morgan fingerprint density at radius 2 is 1.91 bits per heavy atom. The fourth-order valence-corrected chi connectivity index (χ4v) is 3.88. The van der Waals surface area contributed by atoms with E-state index in [1.54, 1.807) is 24.3 Å². The maximum Gasteiger partial charge on any atom is 0.408 e. The fourth-order valence-electron chi connectivity index (χ4n) is 3.88. The van der Waals surface area contributed by atoms with Crippen molar-refractivity contribution < 1.29 is 29.0 Å². The number of hydrogen-bond donors (Lipinski definition) is 2. The predicted octanol–water partition coefficient (Wildman–Crippen LogP) is 5.03.